The van der Waals surface area contributed by atoms with Gasteiger partial charge in [-0.25, -0.2) is 0 Å². The lowest BCUT2D eigenvalue weighted by Gasteiger charge is -2.22. The summed E-state index contributed by atoms with van der Waals surface area (Å²) in [5.74, 6) is 1.51. The Morgan fingerprint density at radius 1 is 1.28 bits per heavy atom. The van der Waals surface area contributed by atoms with E-state index in [1.54, 1.807) is 38.8 Å². The van der Waals surface area contributed by atoms with Crippen LogP contribution in [0.3, 0.4) is 0 Å². The van der Waals surface area contributed by atoms with Crippen molar-refractivity contribution < 1.29 is 14.3 Å². The van der Waals surface area contributed by atoms with Gasteiger partial charge in [0.1, 0.15) is 11.5 Å². The zero-order valence-corrected chi connectivity index (χ0v) is 14.5. The highest BCUT2D eigenvalue weighted by atomic mass is 16.5. The fourth-order valence-corrected chi connectivity index (χ4v) is 2.70. The van der Waals surface area contributed by atoms with E-state index >= 15 is 0 Å². The van der Waals surface area contributed by atoms with Crippen LogP contribution in [0.25, 0.3) is 6.08 Å². The van der Waals surface area contributed by atoms with Crippen LogP contribution in [0.15, 0.2) is 48.8 Å². The molecule has 1 heterocycles. The van der Waals surface area contributed by atoms with Gasteiger partial charge in [0.15, 0.2) is 0 Å². The van der Waals surface area contributed by atoms with Gasteiger partial charge in [-0.3, -0.25) is 9.78 Å². The molecule has 0 saturated heterocycles. The van der Waals surface area contributed by atoms with Crippen molar-refractivity contribution in [1.82, 2.24) is 9.88 Å². The van der Waals surface area contributed by atoms with Crippen LogP contribution >= 0.6 is 0 Å². The zero-order valence-electron chi connectivity index (χ0n) is 14.5. The van der Waals surface area contributed by atoms with E-state index < -0.39 is 0 Å². The lowest BCUT2D eigenvalue weighted by atomic mass is 10.1. The fraction of sp³-hybridized carbons (Fsp3) is 0.300. The minimum atomic E-state index is -0.00349. The van der Waals surface area contributed by atoms with Crippen LogP contribution in [-0.4, -0.2) is 36.1 Å². The summed E-state index contributed by atoms with van der Waals surface area (Å²) in [7, 11) is 3.27. The molecule has 5 heteroatoms. The second-order valence-electron chi connectivity index (χ2n) is 5.99. The number of amides is 1. The van der Waals surface area contributed by atoms with E-state index in [1.165, 1.54) is 0 Å². The molecule has 1 aliphatic rings. The van der Waals surface area contributed by atoms with Crippen molar-refractivity contribution >= 4 is 12.0 Å². The molecule has 0 N–H and O–H groups in total. The molecule has 1 aliphatic carbocycles. The lowest BCUT2D eigenvalue weighted by Crippen LogP contribution is -2.31. The van der Waals surface area contributed by atoms with Gasteiger partial charge in [-0.05, 0) is 48.7 Å². The molecule has 1 fully saturated rings. The third-order valence-electron chi connectivity index (χ3n) is 4.20. The van der Waals surface area contributed by atoms with Crippen molar-refractivity contribution in [3.8, 4) is 11.5 Å². The van der Waals surface area contributed by atoms with Crippen molar-refractivity contribution in [1.29, 1.82) is 0 Å². The van der Waals surface area contributed by atoms with E-state index in [1.807, 2.05) is 35.2 Å². The molecule has 2 aromatic rings. The van der Waals surface area contributed by atoms with Crippen molar-refractivity contribution in [2.75, 3.05) is 14.2 Å². The van der Waals surface area contributed by atoms with E-state index in [9.17, 15) is 4.79 Å². The van der Waals surface area contributed by atoms with Crippen LogP contribution in [0.5, 0.6) is 11.5 Å². The van der Waals surface area contributed by atoms with Crippen molar-refractivity contribution in [2.45, 2.75) is 25.4 Å². The molecule has 3 rings (SSSR count). The number of pyridine rings is 1. The summed E-state index contributed by atoms with van der Waals surface area (Å²) in [6.45, 7) is 0.501. The molecule has 0 bridgehead atoms. The molecule has 0 radical (unpaired) electrons. The quantitative estimate of drug-likeness (QED) is 0.727. The highest BCUT2D eigenvalue weighted by Crippen LogP contribution is 2.32. The summed E-state index contributed by atoms with van der Waals surface area (Å²) in [6.07, 6.45) is 8.94. The maximum absolute atomic E-state index is 12.7. The van der Waals surface area contributed by atoms with Crippen LogP contribution in [0.1, 0.15) is 24.0 Å². The summed E-state index contributed by atoms with van der Waals surface area (Å²) in [4.78, 5) is 18.7. The number of carbonyl (C=O) groups excluding carboxylic acids is 1. The first-order valence-electron chi connectivity index (χ1n) is 8.31. The first kappa shape index (κ1) is 17.0. The van der Waals surface area contributed by atoms with E-state index in [-0.39, 0.29) is 5.91 Å². The standard InChI is InChI=1S/C20H22N2O3/c1-24-18-8-9-19(25-2)16(12-18)14-22(17-6-7-17)20(23)10-5-15-4-3-11-21-13-15/h3-5,8-13,17H,6-7,14H2,1-2H3/b10-5+. The Labute approximate surface area is 147 Å². The zero-order chi connectivity index (χ0) is 17.6. The van der Waals surface area contributed by atoms with Gasteiger partial charge in [-0.2, -0.15) is 0 Å². The first-order chi connectivity index (χ1) is 12.2. The van der Waals surface area contributed by atoms with Crippen molar-refractivity contribution in [3.63, 3.8) is 0 Å². The maximum atomic E-state index is 12.7. The highest BCUT2D eigenvalue weighted by Gasteiger charge is 2.32. The Morgan fingerprint density at radius 2 is 2.12 bits per heavy atom. The Kier molecular flexibility index (Phi) is 5.33. The molecule has 25 heavy (non-hydrogen) atoms. The maximum Gasteiger partial charge on any atom is 0.247 e. The lowest BCUT2D eigenvalue weighted by molar-refractivity contribution is -0.127. The molecule has 0 spiro atoms. The van der Waals surface area contributed by atoms with E-state index in [4.69, 9.17) is 9.47 Å². The van der Waals surface area contributed by atoms with Gasteiger partial charge in [0, 0.05) is 30.1 Å². The van der Waals surface area contributed by atoms with E-state index in [0.29, 0.717) is 12.6 Å². The molecule has 130 valence electrons. The van der Waals surface area contributed by atoms with Crippen LogP contribution in [-0.2, 0) is 11.3 Å². The van der Waals surface area contributed by atoms with Crippen molar-refractivity contribution in [2.24, 2.45) is 0 Å². The number of hydrogen-bond donors (Lipinski definition) is 0. The summed E-state index contributed by atoms with van der Waals surface area (Å²) < 4.78 is 10.7. The number of rotatable bonds is 7. The van der Waals surface area contributed by atoms with Crippen LogP contribution in [0.2, 0.25) is 0 Å². The van der Waals surface area contributed by atoms with Gasteiger partial charge in [0.25, 0.3) is 0 Å². The molecule has 0 aliphatic heterocycles. The van der Waals surface area contributed by atoms with Gasteiger partial charge < -0.3 is 14.4 Å². The summed E-state index contributed by atoms with van der Waals surface area (Å²) in [5, 5.41) is 0. The predicted molar refractivity (Wildman–Crippen MR) is 96.4 cm³/mol. The van der Waals surface area contributed by atoms with Crippen LogP contribution in [0.4, 0.5) is 0 Å². The molecule has 0 unspecified atom stereocenters. The predicted octanol–water partition coefficient (Wildman–Crippen LogP) is 3.30. The summed E-state index contributed by atoms with van der Waals surface area (Å²) in [5.41, 5.74) is 1.85. The molecule has 1 aromatic carbocycles. The molecular formula is C20H22N2O3. The molecule has 1 saturated carbocycles. The van der Waals surface area contributed by atoms with Gasteiger partial charge in [0.05, 0.1) is 20.8 Å². The van der Waals surface area contributed by atoms with Gasteiger partial charge in [-0.15, -0.1) is 0 Å². The number of benzene rings is 1. The monoisotopic (exact) mass is 338 g/mol. The van der Waals surface area contributed by atoms with Crippen LogP contribution < -0.4 is 9.47 Å². The summed E-state index contributed by atoms with van der Waals surface area (Å²) >= 11 is 0. The average molecular weight is 338 g/mol. The Hall–Kier alpha value is -2.82. The number of methoxy groups -OCH3 is 2. The number of hydrogen-bond acceptors (Lipinski definition) is 4. The third-order valence-corrected chi connectivity index (χ3v) is 4.20. The molecular weight excluding hydrogens is 316 g/mol. The third kappa shape index (κ3) is 4.38. The molecule has 5 nitrogen and oxygen atoms in total. The Balaban J connectivity index is 1.78. The number of aromatic nitrogens is 1. The number of ether oxygens (including phenoxy) is 2. The van der Waals surface area contributed by atoms with Gasteiger partial charge in [0.2, 0.25) is 5.91 Å². The average Bonchev–Trinajstić information content (AvgIpc) is 3.49. The first-order valence-corrected chi connectivity index (χ1v) is 8.31. The smallest absolute Gasteiger partial charge is 0.247 e. The molecule has 1 aromatic heterocycles. The SMILES string of the molecule is COc1ccc(OC)c(CN(C(=O)/C=C/c2cccnc2)C2CC2)c1. The second kappa shape index (κ2) is 7.83. The topological polar surface area (TPSA) is 51.7 Å². The second-order valence-corrected chi connectivity index (χ2v) is 5.99. The summed E-state index contributed by atoms with van der Waals surface area (Å²) in [6, 6.07) is 9.71. The highest BCUT2D eigenvalue weighted by molar-refractivity contribution is 5.92. The number of carbonyl (C=O) groups is 1. The minimum Gasteiger partial charge on any atom is -0.497 e. The van der Waals surface area contributed by atoms with Crippen LogP contribution in [0, 0.1) is 0 Å². The minimum absolute atomic E-state index is 0.00349. The Bertz CT molecular complexity index is 755. The number of nitrogens with zero attached hydrogens (tertiary/aromatic N) is 2. The van der Waals surface area contributed by atoms with Gasteiger partial charge in [-0.1, -0.05) is 6.07 Å². The van der Waals surface area contributed by atoms with Crippen molar-refractivity contribution in [3.05, 3.63) is 59.9 Å². The van der Waals surface area contributed by atoms with E-state index in [2.05, 4.69) is 4.98 Å². The molecule has 0 atom stereocenters. The molecule has 1 amide bonds. The largest absolute Gasteiger partial charge is 0.497 e. The van der Waals surface area contributed by atoms with Gasteiger partial charge >= 0.3 is 0 Å². The fourth-order valence-electron chi connectivity index (χ4n) is 2.70. The Morgan fingerprint density at radius 3 is 2.76 bits per heavy atom. The normalized spacial score (nSPS) is 13.7. The van der Waals surface area contributed by atoms with E-state index in [0.717, 1.165) is 35.5 Å².